The summed E-state index contributed by atoms with van der Waals surface area (Å²) >= 11 is 0. The summed E-state index contributed by atoms with van der Waals surface area (Å²) in [6, 6.07) is 0. The van der Waals surface area contributed by atoms with E-state index < -0.39 is 0 Å². The lowest BCUT2D eigenvalue weighted by Crippen LogP contribution is -1.92. The van der Waals surface area contributed by atoms with Crippen LogP contribution in [0.4, 0.5) is 0 Å². The third kappa shape index (κ3) is 9.59. The van der Waals surface area contributed by atoms with Crippen molar-refractivity contribution in [2.24, 2.45) is 5.92 Å². The minimum Gasteiger partial charge on any atom is -0.310 e. The van der Waals surface area contributed by atoms with E-state index in [9.17, 15) is 0 Å². The molecule has 0 aromatic rings. The molecule has 0 radical (unpaired) electrons. The van der Waals surface area contributed by atoms with Gasteiger partial charge in [0.15, 0.2) is 0 Å². The van der Waals surface area contributed by atoms with Crippen LogP contribution >= 0.6 is 0 Å². The Kier molecular flexibility index (Phi) is 8.07. The molecule has 1 atom stereocenters. The first-order valence-electron chi connectivity index (χ1n) is 5.70. The monoisotopic (exact) mass is 183 g/mol. The number of hydrogen-bond donors (Lipinski definition) is 1. The fraction of sp³-hybridized carbons (Fsp3) is 0.917. The van der Waals surface area contributed by atoms with Gasteiger partial charge in [-0.05, 0) is 25.7 Å². The van der Waals surface area contributed by atoms with Crippen LogP contribution in [0.25, 0.3) is 0 Å². The Labute approximate surface area is 83.4 Å². The first-order chi connectivity index (χ1) is 6.16. The predicted molar refractivity (Wildman–Crippen MR) is 60.6 cm³/mol. The maximum Gasteiger partial charge on any atom is 0.00582 e. The van der Waals surface area contributed by atoms with Crippen molar-refractivity contribution < 1.29 is 0 Å². The zero-order chi connectivity index (χ0) is 10.1. The quantitative estimate of drug-likeness (QED) is 0.425. The fourth-order valence-corrected chi connectivity index (χ4v) is 1.44. The average Bonchev–Trinajstić information content (AvgIpc) is 2.10. The molecule has 0 aromatic carbocycles. The van der Waals surface area contributed by atoms with Crippen molar-refractivity contribution in [1.29, 1.82) is 5.41 Å². The summed E-state index contributed by atoms with van der Waals surface area (Å²) < 4.78 is 0. The topological polar surface area (TPSA) is 23.9 Å². The minimum atomic E-state index is 0.835. The van der Waals surface area contributed by atoms with Crippen LogP contribution in [-0.4, -0.2) is 5.71 Å². The molecule has 0 aliphatic rings. The highest BCUT2D eigenvalue weighted by atomic mass is 14.4. The highest BCUT2D eigenvalue weighted by Crippen LogP contribution is 2.13. The molecule has 0 aliphatic heterocycles. The predicted octanol–water partition coefficient (Wildman–Crippen LogP) is 4.41. The van der Waals surface area contributed by atoms with E-state index >= 15 is 0 Å². The van der Waals surface area contributed by atoms with Gasteiger partial charge in [0.1, 0.15) is 0 Å². The van der Waals surface area contributed by atoms with E-state index in [1.54, 1.807) is 0 Å². The van der Waals surface area contributed by atoms with Gasteiger partial charge in [0.25, 0.3) is 0 Å². The lowest BCUT2D eigenvalue weighted by molar-refractivity contribution is 0.476. The largest absolute Gasteiger partial charge is 0.310 e. The third-order valence-corrected chi connectivity index (χ3v) is 2.70. The zero-order valence-corrected chi connectivity index (χ0v) is 9.53. The van der Waals surface area contributed by atoms with Gasteiger partial charge < -0.3 is 5.41 Å². The fourth-order valence-electron chi connectivity index (χ4n) is 1.44. The van der Waals surface area contributed by atoms with Gasteiger partial charge in [-0.25, -0.2) is 0 Å². The van der Waals surface area contributed by atoms with Crippen molar-refractivity contribution in [3.05, 3.63) is 0 Å². The highest BCUT2D eigenvalue weighted by molar-refractivity contribution is 5.78. The third-order valence-electron chi connectivity index (χ3n) is 2.70. The molecule has 0 bridgehead atoms. The van der Waals surface area contributed by atoms with Crippen LogP contribution in [0.2, 0.25) is 0 Å². The SMILES string of the molecule is CCC(C)CCCCCCC(C)=N. The zero-order valence-electron chi connectivity index (χ0n) is 9.53. The molecule has 1 N–H and O–H groups in total. The molecule has 78 valence electrons. The van der Waals surface area contributed by atoms with E-state index in [1.807, 2.05) is 6.92 Å². The molecule has 0 amide bonds. The molecule has 0 heterocycles. The summed E-state index contributed by atoms with van der Waals surface area (Å²) in [7, 11) is 0. The first-order valence-corrected chi connectivity index (χ1v) is 5.70. The summed E-state index contributed by atoms with van der Waals surface area (Å²) in [4.78, 5) is 0. The smallest absolute Gasteiger partial charge is 0.00582 e. The van der Waals surface area contributed by atoms with Crippen LogP contribution in [0.3, 0.4) is 0 Å². The lowest BCUT2D eigenvalue weighted by atomic mass is 10.00. The maximum absolute atomic E-state index is 7.27. The van der Waals surface area contributed by atoms with Gasteiger partial charge in [-0.2, -0.15) is 0 Å². The molecule has 0 rings (SSSR count). The molecule has 0 fully saturated rings. The number of nitrogens with one attached hydrogen (secondary N) is 1. The summed E-state index contributed by atoms with van der Waals surface area (Å²) in [5.41, 5.74) is 0.835. The normalized spacial score (nSPS) is 12.8. The summed E-state index contributed by atoms with van der Waals surface area (Å²) in [6.45, 7) is 6.50. The Balaban J connectivity index is 3.04. The van der Waals surface area contributed by atoms with Crippen LogP contribution in [0.1, 0.15) is 65.7 Å². The summed E-state index contributed by atoms with van der Waals surface area (Å²) in [5, 5.41) is 7.27. The summed E-state index contributed by atoms with van der Waals surface area (Å²) in [5.74, 6) is 0.907. The molecule has 1 unspecified atom stereocenters. The second-order valence-corrected chi connectivity index (χ2v) is 4.25. The highest BCUT2D eigenvalue weighted by Gasteiger charge is 1.98. The van der Waals surface area contributed by atoms with Crippen molar-refractivity contribution in [2.75, 3.05) is 0 Å². The molecule has 0 saturated carbocycles. The van der Waals surface area contributed by atoms with Crippen molar-refractivity contribution in [2.45, 2.75) is 65.7 Å². The Bertz CT molecular complexity index is 129. The molecular formula is C12H25N. The van der Waals surface area contributed by atoms with Gasteiger partial charge in [-0.3, -0.25) is 0 Å². The van der Waals surface area contributed by atoms with Crippen LogP contribution in [0.5, 0.6) is 0 Å². The van der Waals surface area contributed by atoms with E-state index in [4.69, 9.17) is 5.41 Å². The van der Waals surface area contributed by atoms with Crippen LogP contribution in [0, 0.1) is 11.3 Å². The van der Waals surface area contributed by atoms with Gasteiger partial charge in [0.2, 0.25) is 0 Å². The first kappa shape index (κ1) is 12.7. The Morgan fingerprint density at radius 3 is 2.31 bits per heavy atom. The molecule has 13 heavy (non-hydrogen) atoms. The van der Waals surface area contributed by atoms with Crippen molar-refractivity contribution >= 4 is 5.71 Å². The lowest BCUT2D eigenvalue weighted by Gasteiger charge is -2.07. The van der Waals surface area contributed by atoms with Crippen LogP contribution < -0.4 is 0 Å². The second-order valence-electron chi connectivity index (χ2n) is 4.25. The van der Waals surface area contributed by atoms with E-state index in [1.165, 1.54) is 38.5 Å². The Morgan fingerprint density at radius 2 is 1.77 bits per heavy atom. The van der Waals surface area contributed by atoms with Gasteiger partial charge in [0, 0.05) is 5.71 Å². The molecular weight excluding hydrogens is 158 g/mol. The van der Waals surface area contributed by atoms with E-state index in [2.05, 4.69) is 13.8 Å². The van der Waals surface area contributed by atoms with Crippen LogP contribution in [0.15, 0.2) is 0 Å². The number of hydrogen-bond acceptors (Lipinski definition) is 1. The van der Waals surface area contributed by atoms with Gasteiger partial charge in [-0.1, -0.05) is 46.0 Å². The van der Waals surface area contributed by atoms with E-state index in [0.29, 0.717) is 0 Å². The molecule has 0 aromatic heterocycles. The molecule has 0 spiro atoms. The average molecular weight is 183 g/mol. The number of unbranched alkanes of at least 4 members (excludes halogenated alkanes) is 3. The number of rotatable bonds is 8. The Morgan fingerprint density at radius 1 is 1.15 bits per heavy atom. The maximum atomic E-state index is 7.27. The molecule has 0 aliphatic carbocycles. The van der Waals surface area contributed by atoms with Gasteiger partial charge in [0.05, 0.1) is 0 Å². The van der Waals surface area contributed by atoms with Crippen molar-refractivity contribution in [3.8, 4) is 0 Å². The van der Waals surface area contributed by atoms with Crippen LogP contribution in [-0.2, 0) is 0 Å². The van der Waals surface area contributed by atoms with Crippen molar-refractivity contribution in [3.63, 3.8) is 0 Å². The van der Waals surface area contributed by atoms with E-state index in [0.717, 1.165) is 18.1 Å². The molecule has 1 nitrogen and oxygen atoms in total. The van der Waals surface area contributed by atoms with Gasteiger partial charge >= 0.3 is 0 Å². The van der Waals surface area contributed by atoms with E-state index in [-0.39, 0.29) is 0 Å². The molecule has 1 heteroatoms. The minimum absolute atomic E-state index is 0.835. The van der Waals surface area contributed by atoms with Gasteiger partial charge in [-0.15, -0.1) is 0 Å². The summed E-state index contributed by atoms with van der Waals surface area (Å²) in [6.07, 6.45) is 8.98. The van der Waals surface area contributed by atoms with Crippen molar-refractivity contribution in [1.82, 2.24) is 0 Å². The second kappa shape index (κ2) is 8.28. The Hall–Kier alpha value is -0.330. The standard InChI is InChI=1S/C12H25N/c1-4-11(2)9-7-5-6-8-10-12(3)13/h11,13H,4-10H2,1-3H3. The molecule has 0 saturated heterocycles.